The number of benzene rings is 1. The van der Waals surface area contributed by atoms with E-state index in [0.29, 0.717) is 25.2 Å². The van der Waals surface area contributed by atoms with Gasteiger partial charge >= 0.3 is 0 Å². The van der Waals surface area contributed by atoms with E-state index >= 15 is 0 Å². The van der Waals surface area contributed by atoms with Crippen LogP contribution in [0.25, 0.3) is 0 Å². The lowest BCUT2D eigenvalue weighted by Gasteiger charge is -2.35. The zero-order chi connectivity index (χ0) is 18.8. The second kappa shape index (κ2) is 7.52. The molecule has 3 aliphatic rings. The van der Waals surface area contributed by atoms with Gasteiger partial charge in [0.1, 0.15) is 0 Å². The Bertz CT molecular complexity index is 704. The van der Waals surface area contributed by atoms with Gasteiger partial charge in [0.15, 0.2) is 0 Å². The van der Waals surface area contributed by atoms with Crippen molar-refractivity contribution in [1.82, 2.24) is 9.80 Å². The van der Waals surface area contributed by atoms with E-state index < -0.39 is 0 Å². The molecule has 3 saturated heterocycles. The Morgan fingerprint density at radius 2 is 1.85 bits per heavy atom. The van der Waals surface area contributed by atoms with Crippen LogP contribution in [-0.4, -0.2) is 61.4 Å². The molecule has 2 bridgehead atoms. The zero-order valence-electron chi connectivity index (χ0n) is 16.2. The SMILES string of the molecule is CC(C)=CCN1C(=O)[C@@H]2CC[C@H]1CN(C(=O)c1ccc(N(C)C)cc1)C2. The van der Waals surface area contributed by atoms with Crippen molar-refractivity contribution < 1.29 is 9.59 Å². The number of nitrogens with zero attached hydrogens (tertiary/aromatic N) is 3. The first-order valence-corrected chi connectivity index (χ1v) is 9.37. The molecule has 0 N–H and O–H groups in total. The van der Waals surface area contributed by atoms with Crippen molar-refractivity contribution in [1.29, 1.82) is 0 Å². The molecular formula is C21H29N3O2. The van der Waals surface area contributed by atoms with Gasteiger partial charge in [-0.05, 0) is 51.0 Å². The molecule has 3 heterocycles. The molecule has 2 atom stereocenters. The smallest absolute Gasteiger partial charge is 0.253 e. The number of carbonyl (C=O) groups excluding carboxylic acids is 2. The second-order valence-corrected chi connectivity index (χ2v) is 7.85. The fourth-order valence-corrected chi connectivity index (χ4v) is 3.81. The number of carbonyl (C=O) groups is 2. The Morgan fingerprint density at radius 1 is 1.15 bits per heavy atom. The van der Waals surface area contributed by atoms with Crippen LogP contribution in [0.3, 0.4) is 0 Å². The van der Waals surface area contributed by atoms with E-state index in [2.05, 4.69) is 6.08 Å². The molecule has 0 unspecified atom stereocenters. The van der Waals surface area contributed by atoms with Crippen molar-refractivity contribution in [3.63, 3.8) is 0 Å². The minimum Gasteiger partial charge on any atom is -0.378 e. The van der Waals surface area contributed by atoms with Crippen LogP contribution in [0.5, 0.6) is 0 Å². The Morgan fingerprint density at radius 3 is 2.46 bits per heavy atom. The number of amides is 2. The van der Waals surface area contributed by atoms with E-state index in [9.17, 15) is 9.59 Å². The lowest BCUT2D eigenvalue weighted by molar-refractivity contribution is -0.139. The number of piperidine rings is 1. The Balaban J connectivity index is 1.77. The average molecular weight is 355 g/mol. The molecule has 3 aliphatic heterocycles. The minimum atomic E-state index is -0.0655. The van der Waals surface area contributed by atoms with Crippen LogP contribution in [0.1, 0.15) is 37.0 Å². The minimum absolute atomic E-state index is 0.0315. The number of allylic oxidation sites excluding steroid dienone is 1. The van der Waals surface area contributed by atoms with Crippen LogP contribution in [0, 0.1) is 5.92 Å². The highest BCUT2D eigenvalue weighted by molar-refractivity contribution is 5.95. The van der Waals surface area contributed by atoms with Gasteiger partial charge in [-0.2, -0.15) is 0 Å². The number of fused-ring (bicyclic) bond motifs is 4. The summed E-state index contributed by atoms with van der Waals surface area (Å²) >= 11 is 0. The summed E-state index contributed by atoms with van der Waals surface area (Å²) in [6.45, 7) is 5.92. The summed E-state index contributed by atoms with van der Waals surface area (Å²) in [5.41, 5.74) is 2.98. The molecule has 0 aromatic heterocycles. The van der Waals surface area contributed by atoms with E-state index in [1.54, 1.807) is 0 Å². The second-order valence-electron chi connectivity index (χ2n) is 7.85. The van der Waals surface area contributed by atoms with Crippen LogP contribution >= 0.6 is 0 Å². The van der Waals surface area contributed by atoms with Gasteiger partial charge in [0, 0.05) is 51.0 Å². The quantitative estimate of drug-likeness (QED) is 0.780. The topological polar surface area (TPSA) is 43.9 Å². The predicted molar refractivity (Wildman–Crippen MR) is 104 cm³/mol. The summed E-state index contributed by atoms with van der Waals surface area (Å²) in [7, 11) is 3.96. The molecule has 1 aromatic rings. The lowest BCUT2D eigenvalue weighted by Crippen LogP contribution is -2.48. The number of hydrogen-bond donors (Lipinski definition) is 0. The Kier molecular flexibility index (Phi) is 5.35. The summed E-state index contributed by atoms with van der Waals surface area (Å²) in [5.74, 6) is 0.172. The van der Waals surface area contributed by atoms with E-state index in [4.69, 9.17) is 0 Å². The lowest BCUT2D eigenvalue weighted by atomic mass is 9.94. The summed E-state index contributed by atoms with van der Waals surface area (Å²) in [4.78, 5) is 31.7. The molecule has 0 radical (unpaired) electrons. The van der Waals surface area contributed by atoms with Crippen LogP contribution in [0.4, 0.5) is 5.69 Å². The fraction of sp³-hybridized carbons (Fsp3) is 0.524. The highest BCUT2D eigenvalue weighted by atomic mass is 16.2. The molecule has 26 heavy (non-hydrogen) atoms. The van der Waals surface area contributed by atoms with Gasteiger partial charge in [0.05, 0.1) is 5.92 Å². The van der Waals surface area contributed by atoms with Crippen LogP contribution in [0.2, 0.25) is 0 Å². The standard InChI is InChI=1S/C21H29N3O2/c1-15(2)11-12-24-19-10-7-17(21(24)26)13-23(14-19)20(25)16-5-8-18(9-6-16)22(3)4/h5-6,8-9,11,17,19H,7,10,12-14H2,1-4H3/t17-,19+/m1/s1. The maximum Gasteiger partial charge on any atom is 0.253 e. The molecule has 2 amide bonds. The van der Waals surface area contributed by atoms with Crippen molar-refractivity contribution in [3.8, 4) is 0 Å². The van der Waals surface area contributed by atoms with E-state index in [1.807, 2.05) is 66.9 Å². The molecule has 0 aliphatic carbocycles. The summed E-state index contributed by atoms with van der Waals surface area (Å²) in [6, 6.07) is 7.82. The van der Waals surface area contributed by atoms with Gasteiger partial charge in [-0.1, -0.05) is 11.6 Å². The van der Waals surface area contributed by atoms with Gasteiger partial charge in [-0.25, -0.2) is 0 Å². The monoisotopic (exact) mass is 355 g/mol. The molecule has 4 rings (SSSR count). The van der Waals surface area contributed by atoms with Gasteiger partial charge < -0.3 is 14.7 Å². The highest BCUT2D eigenvalue weighted by Gasteiger charge is 2.41. The van der Waals surface area contributed by atoms with Crippen LogP contribution in [0.15, 0.2) is 35.9 Å². The summed E-state index contributed by atoms with van der Waals surface area (Å²) in [5, 5.41) is 0. The number of rotatable bonds is 4. The first kappa shape index (κ1) is 18.5. The molecule has 3 fully saturated rings. The van der Waals surface area contributed by atoms with Gasteiger partial charge in [0.2, 0.25) is 5.91 Å². The third-order valence-electron chi connectivity index (χ3n) is 5.41. The van der Waals surface area contributed by atoms with Crippen molar-refractivity contribution >= 4 is 17.5 Å². The molecule has 5 nitrogen and oxygen atoms in total. The normalized spacial score (nSPS) is 22.2. The largest absolute Gasteiger partial charge is 0.378 e. The van der Waals surface area contributed by atoms with Crippen molar-refractivity contribution in [3.05, 3.63) is 41.5 Å². The summed E-state index contributed by atoms with van der Waals surface area (Å²) in [6.07, 6.45) is 3.97. The fourth-order valence-electron chi connectivity index (χ4n) is 3.81. The molecule has 0 saturated carbocycles. The van der Waals surface area contributed by atoms with E-state index in [-0.39, 0.29) is 23.8 Å². The van der Waals surface area contributed by atoms with Gasteiger partial charge in [0.25, 0.3) is 5.91 Å². The number of hydrogen-bond acceptors (Lipinski definition) is 3. The zero-order valence-corrected chi connectivity index (χ0v) is 16.2. The van der Waals surface area contributed by atoms with Crippen molar-refractivity contribution in [2.24, 2.45) is 5.92 Å². The van der Waals surface area contributed by atoms with E-state index in [1.165, 1.54) is 5.57 Å². The average Bonchev–Trinajstić information content (AvgIpc) is 2.90. The first-order valence-electron chi connectivity index (χ1n) is 9.37. The molecular weight excluding hydrogens is 326 g/mol. The molecule has 140 valence electrons. The van der Waals surface area contributed by atoms with Crippen molar-refractivity contribution in [2.75, 3.05) is 38.6 Å². The Hall–Kier alpha value is -2.30. The van der Waals surface area contributed by atoms with Gasteiger partial charge in [-0.3, -0.25) is 9.59 Å². The van der Waals surface area contributed by atoms with E-state index in [0.717, 1.165) is 18.5 Å². The molecule has 1 aromatic carbocycles. The predicted octanol–water partition coefficient (Wildman–Crippen LogP) is 2.78. The third-order valence-corrected chi connectivity index (χ3v) is 5.41. The Labute approximate surface area is 156 Å². The maximum absolute atomic E-state index is 13.0. The molecule has 5 heteroatoms. The van der Waals surface area contributed by atoms with Gasteiger partial charge in [-0.15, -0.1) is 0 Å². The van der Waals surface area contributed by atoms with Crippen LogP contribution in [-0.2, 0) is 4.79 Å². The number of anilines is 1. The molecule has 0 spiro atoms. The highest BCUT2D eigenvalue weighted by Crippen LogP contribution is 2.30. The maximum atomic E-state index is 13.0. The van der Waals surface area contributed by atoms with Crippen LogP contribution < -0.4 is 4.90 Å². The van der Waals surface area contributed by atoms with Crippen molar-refractivity contribution in [2.45, 2.75) is 32.7 Å². The summed E-state index contributed by atoms with van der Waals surface area (Å²) < 4.78 is 0. The first-order chi connectivity index (χ1) is 12.4. The third kappa shape index (κ3) is 3.76.